The molecule has 3 rings (SSSR count). The third kappa shape index (κ3) is 4.67. The van der Waals surface area contributed by atoms with Gasteiger partial charge in [-0.1, -0.05) is 0 Å². The zero-order chi connectivity index (χ0) is 18.9. The maximum Gasteiger partial charge on any atom is 0.436 e. The maximum atomic E-state index is 13.1. The monoisotopic (exact) mass is 497 g/mol. The highest BCUT2D eigenvalue weighted by atomic mass is 79.9. The zero-order valence-corrected chi connectivity index (χ0v) is 16.7. The van der Waals surface area contributed by atoms with Crippen LogP contribution < -0.4 is 5.32 Å². The Kier molecular flexibility index (Phi) is 5.75. The van der Waals surface area contributed by atoms with Crippen molar-refractivity contribution in [3.05, 3.63) is 32.7 Å². The molecule has 6 nitrogen and oxygen atoms in total. The summed E-state index contributed by atoms with van der Waals surface area (Å²) >= 11 is 6.32. The van der Waals surface area contributed by atoms with Gasteiger partial charge in [-0.3, -0.25) is 14.2 Å². The molecule has 0 spiro atoms. The van der Waals surface area contributed by atoms with Crippen LogP contribution in [0.4, 0.5) is 13.2 Å². The first kappa shape index (κ1) is 19.4. The van der Waals surface area contributed by atoms with Gasteiger partial charge in [-0.15, -0.1) is 0 Å². The van der Waals surface area contributed by atoms with Crippen molar-refractivity contribution in [2.45, 2.75) is 44.4 Å². The summed E-state index contributed by atoms with van der Waals surface area (Å²) in [6, 6.07) is 0. The first-order valence-electron chi connectivity index (χ1n) is 8.03. The summed E-state index contributed by atoms with van der Waals surface area (Å²) in [7, 11) is 0. The fraction of sp³-hybridized carbons (Fsp3) is 0.533. The van der Waals surface area contributed by atoms with Crippen molar-refractivity contribution in [2.24, 2.45) is 0 Å². The van der Waals surface area contributed by atoms with Crippen LogP contribution in [0.2, 0.25) is 0 Å². The van der Waals surface area contributed by atoms with Crippen LogP contribution in [-0.4, -0.2) is 32.0 Å². The highest BCUT2D eigenvalue weighted by Crippen LogP contribution is 2.46. The quantitative estimate of drug-likeness (QED) is 0.633. The summed E-state index contributed by atoms with van der Waals surface area (Å²) in [6.45, 7) is 1.01. The molecule has 1 aliphatic rings. The molecular formula is C15H16Br2F3N5O. The Labute approximate surface area is 164 Å². The van der Waals surface area contributed by atoms with Gasteiger partial charge >= 0.3 is 6.18 Å². The van der Waals surface area contributed by atoms with E-state index in [0.29, 0.717) is 18.8 Å². The van der Waals surface area contributed by atoms with Gasteiger partial charge in [0.1, 0.15) is 0 Å². The largest absolute Gasteiger partial charge is 0.436 e. The molecule has 1 saturated carbocycles. The Morgan fingerprint density at radius 2 is 2.04 bits per heavy atom. The van der Waals surface area contributed by atoms with Gasteiger partial charge in [-0.05, 0) is 44.7 Å². The SMILES string of the molecule is O=C(CCn1nc(C(F)(F)F)c(Br)c1C1CC1)NCCn1cc(Br)cn1. The van der Waals surface area contributed by atoms with Gasteiger partial charge < -0.3 is 5.32 Å². The number of amides is 1. The molecule has 2 aromatic heterocycles. The molecule has 1 aliphatic carbocycles. The zero-order valence-electron chi connectivity index (χ0n) is 13.6. The summed E-state index contributed by atoms with van der Waals surface area (Å²) in [5, 5.41) is 10.5. The van der Waals surface area contributed by atoms with E-state index in [0.717, 1.165) is 17.3 Å². The van der Waals surface area contributed by atoms with Crippen LogP contribution in [0.25, 0.3) is 0 Å². The molecule has 0 atom stereocenters. The average molecular weight is 499 g/mol. The van der Waals surface area contributed by atoms with Crippen molar-refractivity contribution in [3.63, 3.8) is 0 Å². The lowest BCUT2D eigenvalue weighted by atomic mass is 10.2. The molecule has 0 bridgehead atoms. The predicted molar refractivity (Wildman–Crippen MR) is 94.5 cm³/mol. The molecule has 1 N–H and O–H groups in total. The molecule has 1 amide bonds. The minimum absolute atomic E-state index is 0.00262. The summed E-state index contributed by atoms with van der Waals surface area (Å²) in [5.41, 5.74) is -0.393. The third-order valence-corrected chi connectivity index (χ3v) is 5.17. The van der Waals surface area contributed by atoms with E-state index in [2.05, 4.69) is 47.4 Å². The van der Waals surface area contributed by atoms with Gasteiger partial charge in [-0.2, -0.15) is 23.4 Å². The van der Waals surface area contributed by atoms with Crippen LogP contribution >= 0.6 is 31.9 Å². The van der Waals surface area contributed by atoms with E-state index in [-0.39, 0.29) is 29.3 Å². The number of hydrogen-bond donors (Lipinski definition) is 1. The summed E-state index contributed by atoms with van der Waals surface area (Å²) < 4.78 is 43.0. The Morgan fingerprint density at radius 1 is 1.31 bits per heavy atom. The number of carbonyl (C=O) groups excluding carboxylic acids is 1. The van der Waals surface area contributed by atoms with Crippen molar-refractivity contribution in [2.75, 3.05) is 6.54 Å². The summed E-state index contributed by atoms with van der Waals surface area (Å²) in [5.74, 6) is -0.160. The minimum atomic E-state index is -4.52. The van der Waals surface area contributed by atoms with Gasteiger partial charge in [0.25, 0.3) is 0 Å². The van der Waals surface area contributed by atoms with Crippen LogP contribution in [0.1, 0.15) is 36.6 Å². The van der Waals surface area contributed by atoms with Crippen molar-refractivity contribution in [1.29, 1.82) is 0 Å². The van der Waals surface area contributed by atoms with E-state index in [9.17, 15) is 18.0 Å². The molecule has 11 heteroatoms. The molecular weight excluding hydrogens is 483 g/mol. The van der Waals surface area contributed by atoms with E-state index in [1.165, 1.54) is 4.68 Å². The molecule has 0 aromatic carbocycles. The number of carbonyl (C=O) groups is 1. The predicted octanol–water partition coefficient (Wildman–Crippen LogP) is 3.71. The molecule has 0 saturated heterocycles. The number of nitrogens with zero attached hydrogens (tertiary/aromatic N) is 4. The van der Waals surface area contributed by atoms with E-state index in [4.69, 9.17) is 0 Å². The second-order valence-electron chi connectivity index (χ2n) is 6.06. The topological polar surface area (TPSA) is 64.7 Å². The Bertz CT molecular complexity index is 798. The minimum Gasteiger partial charge on any atom is -0.354 e. The van der Waals surface area contributed by atoms with E-state index < -0.39 is 11.9 Å². The van der Waals surface area contributed by atoms with Crippen LogP contribution in [0.5, 0.6) is 0 Å². The Morgan fingerprint density at radius 3 is 2.62 bits per heavy atom. The highest BCUT2D eigenvalue weighted by Gasteiger charge is 2.41. The molecule has 2 heterocycles. The van der Waals surface area contributed by atoms with Crippen molar-refractivity contribution in [3.8, 4) is 0 Å². The Hall–Kier alpha value is -1.36. The number of rotatable bonds is 7. The number of alkyl halides is 3. The van der Waals surface area contributed by atoms with Crippen LogP contribution in [0.3, 0.4) is 0 Å². The molecule has 2 aromatic rings. The lowest BCUT2D eigenvalue weighted by molar-refractivity contribution is -0.142. The van der Waals surface area contributed by atoms with Gasteiger partial charge in [0.2, 0.25) is 5.91 Å². The van der Waals surface area contributed by atoms with E-state index >= 15 is 0 Å². The third-order valence-electron chi connectivity index (χ3n) is 3.98. The second-order valence-corrected chi connectivity index (χ2v) is 7.77. The lowest BCUT2D eigenvalue weighted by Crippen LogP contribution is -2.28. The second kappa shape index (κ2) is 7.71. The van der Waals surface area contributed by atoms with Crippen LogP contribution in [0.15, 0.2) is 21.3 Å². The fourth-order valence-corrected chi connectivity index (χ4v) is 3.78. The van der Waals surface area contributed by atoms with E-state index in [1.54, 1.807) is 17.1 Å². The van der Waals surface area contributed by atoms with Crippen molar-refractivity contribution in [1.82, 2.24) is 24.9 Å². The number of nitrogens with one attached hydrogen (secondary N) is 1. The highest BCUT2D eigenvalue weighted by molar-refractivity contribution is 9.10. The Balaban J connectivity index is 1.56. The number of halogens is 5. The first-order chi connectivity index (χ1) is 12.3. The number of aromatic nitrogens is 4. The van der Waals surface area contributed by atoms with Crippen molar-refractivity contribution < 1.29 is 18.0 Å². The van der Waals surface area contributed by atoms with Gasteiger partial charge in [0, 0.05) is 25.1 Å². The summed E-state index contributed by atoms with van der Waals surface area (Å²) in [6.07, 6.45) is 0.658. The smallest absolute Gasteiger partial charge is 0.354 e. The standard InChI is InChI=1S/C15H16Br2F3N5O/c16-10-7-22-24(8-10)6-4-21-11(26)3-5-25-13(9-1-2-9)12(17)14(23-25)15(18,19)20/h7-9H,1-6H2,(H,21,26). The first-order valence-corrected chi connectivity index (χ1v) is 9.62. The van der Waals surface area contributed by atoms with Crippen LogP contribution in [-0.2, 0) is 24.1 Å². The lowest BCUT2D eigenvalue weighted by Gasteiger charge is -2.08. The normalized spacial score (nSPS) is 14.7. The molecule has 1 fully saturated rings. The average Bonchev–Trinajstić information content (AvgIpc) is 3.21. The number of aryl methyl sites for hydroxylation is 1. The molecule has 0 aliphatic heterocycles. The van der Waals surface area contributed by atoms with E-state index in [1.807, 2.05) is 0 Å². The van der Waals surface area contributed by atoms with Gasteiger partial charge in [-0.25, -0.2) is 0 Å². The van der Waals surface area contributed by atoms with Gasteiger partial charge in [0.15, 0.2) is 5.69 Å². The van der Waals surface area contributed by atoms with Crippen LogP contribution in [0, 0.1) is 0 Å². The van der Waals surface area contributed by atoms with Crippen molar-refractivity contribution >= 4 is 37.8 Å². The molecule has 26 heavy (non-hydrogen) atoms. The van der Waals surface area contributed by atoms with Gasteiger partial charge in [0.05, 0.1) is 33.9 Å². The summed E-state index contributed by atoms with van der Waals surface area (Å²) in [4.78, 5) is 12.0. The molecule has 142 valence electrons. The molecule has 0 radical (unpaired) electrons. The fourth-order valence-electron chi connectivity index (χ4n) is 2.62. The number of hydrogen-bond acceptors (Lipinski definition) is 3. The maximum absolute atomic E-state index is 13.1. The molecule has 0 unspecified atom stereocenters.